The fourth-order valence-corrected chi connectivity index (χ4v) is 9.97. The zero-order chi connectivity index (χ0) is 30.9. The van der Waals surface area contributed by atoms with Gasteiger partial charge in [-0.15, -0.1) is 13.2 Å². The van der Waals surface area contributed by atoms with E-state index in [1.54, 1.807) is 14.2 Å². The molecule has 0 bridgehead atoms. The number of fused-ring (bicyclic) bond motifs is 6. The molecule has 4 aliphatic carbocycles. The molecule has 4 heteroatoms. The highest BCUT2D eigenvalue weighted by Crippen LogP contribution is 2.57. The third-order valence-electron chi connectivity index (χ3n) is 12.4. The third kappa shape index (κ3) is 5.59. The highest BCUT2D eigenvalue weighted by Gasteiger charge is 2.48. The van der Waals surface area contributed by atoms with Crippen molar-refractivity contribution in [2.75, 3.05) is 14.2 Å². The first kappa shape index (κ1) is 30.9. The summed E-state index contributed by atoms with van der Waals surface area (Å²) < 4.78 is 11.1. The Morgan fingerprint density at radius 2 is 1.14 bits per heavy atom. The highest BCUT2D eigenvalue weighted by atomic mass is 16.5. The number of allylic oxidation sites excluding steroid dienone is 2. The molecule has 0 radical (unpaired) electrons. The molecule has 4 aliphatic rings. The molecule has 0 saturated heterocycles. The van der Waals surface area contributed by atoms with Crippen molar-refractivity contribution in [2.24, 2.45) is 44.7 Å². The summed E-state index contributed by atoms with van der Waals surface area (Å²) in [5.74, 6) is 5.49. The molecule has 0 aliphatic heterocycles. The monoisotopic (exact) mass is 592 g/mol. The molecule has 0 aromatic heterocycles. The number of hydrogen-bond donors (Lipinski definition) is 0. The van der Waals surface area contributed by atoms with Crippen molar-refractivity contribution >= 4 is 12.4 Å². The van der Waals surface area contributed by atoms with Crippen LogP contribution in [0.2, 0.25) is 0 Å². The lowest BCUT2D eigenvalue weighted by Gasteiger charge is -2.50. The van der Waals surface area contributed by atoms with Gasteiger partial charge in [-0.3, -0.25) is 0 Å². The summed E-state index contributed by atoms with van der Waals surface area (Å²) >= 11 is 0. The van der Waals surface area contributed by atoms with Gasteiger partial charge in [0, 0.05) is 23.3 Å². The minimum Gasteiger partial charge on any atom is -0.497 e. The van der Waals surface area contributed by atoms with E-state index >= 15 is 0 Å². The second-order valence-corrected chi connectivity index (χ2v) is 14.6. The summed E-state index contributed by atoms with van der Waals surface area (Å²) in [6.45, 7) is 13.2. The number of methoxy groups -OCH3 is 2. The molecule has 0 heterocycles. The molecule has 44 heavy (non-hydrogen) atoms. The second-order valence-electron chi connectivity index (χ2n) is 14.6. The summed E-state index contributed by atoms with van der Waals surface area (Å²) in [5, 5.41) is 9.70. The maximum Gasteiger partial charge on any atom is 0.119 e. The zero-order valence-electron chi connectivity index (χ0n) is 27.4. The van der Waals surface area contributed by atoms with Gasteiger partial charge in [0.15, 0.2) is 0 Å². The van der Waals surface area contributed by atoms with Crippen LogP contribution in [-0.2, 0) is 12.8 Å². The van der Waals surface area contributed by atoms with Gasteiger partial charge in [0.1, 0.15) is 11.5 Å². The number of benzene rings is 2. The summed E-state index contributed by atoms with van der Waals surface area (Å²) in [6, 6.07) is 13.5. The summed E-state index contributed by atoms with van der Waals surface area (Å²) in [6.07, 6.45) is 20.0. The standard InChI is InChI=1S/C40H52N2O2/c1-7-9-37-35-15-11-27-23-29(43-5)13-17-31(27)33(35)19-21-39(37,3)25-41-42-26-40(4)22-20-34-32-18-14-30(44-6)24-28(32)12-16-36(34)38(40)10-8-2/h7-8,13-14,17-18,23-26,33-38H,1-2,9-12,15-16,19-22H2,3-6H3/b41-25+,42-26?/t33-,34-,35-,36-,37+,38+,39-,40-/m1/s1. The van der Waals surface area contributed by atoms with E-state index in [9.17, 15) is 0 Å². The normalized spacial score (nSPS) is 34.5. The second kappa shape index (κ2) is 12.7. The van der Waals surface area contributed by atoms with E-state index in [2.05, 4.69) is 88.0 Å². The fraction of sp³-hybridized carbons (Fsp3) is 0.550. The van der Waals surface area contributed by atoms with E-state index < -0.39 is 0 Å². The van der Waals surface area contributed by atoms with Crippen LogP contribution in [-0.4, -0.2) is 26.6 Å². The van der Waals surface area contributed by atoms with Gasteiger partial charge in [-0.25, -0.2) is 0 Å². The van der Waals surface area contributed by atoms with Crippen molar-refractivity contribution in [3.05, 3.63) is 84.0 Å². The van der Waals surface area contributed by atoms with E-state index in [1.807, 2.05) is 0 Å². The number of nitrogens with zero attached hydrogens (tertiary/aromatic N) is 2. The van der Waals surface area contributed by atoms with Crippen LogP contribution in [0.3, 0.4) is 0 Å². The lowest BCUT2D eigenvalue weighted by Crippen LogP contribution is -2.43. The van der Waals surface area contributed by atoms with Crippen LogP contribution in [0.5, 0.6) is 11.5 Å². The van der Waals surface area contributed by atoms with Gasteiger partial charge in [0.2, 0.25) is 0 Å². The predicted octanol–water partition coefficient (Wildman–Crippen LogP) is 9.74. The van der Waals surface area contributed by atoms with E-state index in [4.69, 9.17) is 19.7 Å². The molecule has 0 unspecified atom stereocenters. The number of hydrogen-bond acceptors (Lipinski definition) is 4. The van der Waals surface area contributed by atoms with Crippen LogP contribution in [0.25, 0.3) is 0 Å². The quantitative estimate of drug-likeness (QED) is 0.165. The largest absolute Gasteiger partial charge is 0.497 e. The van der Waals surface area contributed by atoms with Gasteiger partial charge >= 0.3 is 0 Å². The first-order chi connectivity index (χ1) is 21.3. The van der Waals surface area contributed by atoms with E-state index in [1.165, 1.54) is 47.9 Å². The number of ether oxygens (including phenoxy) is 2. The van der Waals surface area contributed by atoms with Gasteiger partial charge in [-0.2, -0.15) is 10.2 Å². The Balaban J connectivity index is 1.19. The lowest BCUT2D eigenvalue weighted by atomic mass is 9.54. The number of aryl methyl sites for hydroxylation is 2. The van der Waals surface area contributed by atoms with Crippen molar-refractivity contribution in [3.8, 4) is 11.5 Å². The first-order valence-electron chi connectivity index (χ1n) is 17.0. The van der Waals surface area contributed by atoms with E-state index in [0.29, 0.717) is 35.5 Å². The van der Waals surface area contributed by atoms with Crippen molar-refractivity contribution in [2.45, 2.75) is 89.9 Å². The summed E-state index contributed by atoms with van der Waals surface area (Å²) in [5.41, 5.74) is 6.06. The minimum absolute atomic E-state index is 0.0177. The molecular weight excluding hydrogens is 540 g/mol. The number of rotatable bonds is 9. The molecule has 2 fully saturated rings. The van der Waals surface area contributed by atoms with Gasteiger partial charge in [-0.05, 0) is 146 Å². The van der Waals surface area contributed by atoms with E-state index in [-0.39, 0.29) is 10.8 Å². The Hall–Kier alpha value is -3.14. The Kier molecular flexibility index (Phi) is 8.91. The average Bonchev–Trinajstić information content (AvgIpc) is 3.05. The molecule has 234 valence electrons. The molecule has 0 amide bonds. The Bertz CT molecular complexity index is 1320. The lowest BCUT2D eigenvalue weighted by molar-refractivity contribution is 0.0873. The highest BCUT2D eigenvalue weighted by molar-refractivity contribution is 5.70. The Morgan fingerprint density at radius 1 is 0.705 bits per heavy atom. The minimum atomic E-state index is 0.0177. The summed E-state index contributed by atoms with van der Waals surface area (Å²) in [4.78, 5) is 0. The molecule has 0 spiro atoms. The molecule has 4 nitrogen and oxygen atoms in total. The molecule has 8 atom stereocenters. The SMILES string of the molecule is C=CC[C@H]1[C@@H]2CCc3cc(OC)ccc3[C@H]2CC[C@]1(C)C=N/N=C/[C@@]1(C)CC[C@@H]2c3ccc(OC)cc3CC[C@H]2[C@@H]1CC=C. The zero-order valence-corrected chi connectivity index (χ0v) is 27.4. The van der Waals surface area contributed by atoms with Gasteiger partial charge in [0.25, 0.3) is 0 Å². The molecule has 6 rings (SSSR count). The van der Waals surface area contributed by atoms with Crippen LogP contribution in [0.1, 0.15) is 99.3 Å². The van der Waals surface area contributed by atoms with Crippen LogP contribution < -0.4 is 9.47 Å². The van der Waals surface area contributed by atoms with Crippen molar-refractivity contribution in [1.29, 1.82) is 0 Å². The fourth-order valence-electron chi connectivity index (χ4n) is 9.97. The smallest absolute Gasteiger partial charge is 0.119 e. The first-order valence-corrected chi connectivity index (χ1v) is 17.0. The topological polar surface area (TPSA) is 43.2 Å². The Morgan fingerprint density at radius 3 is 1.52 bits per heavy atom. The van der Waals surface area contributed by atoms with Crippen LogP contribution in [0.15, 0.2) is 71.9 Å². The maximum absolute atomic E-state index is 5.53. The van der Waals surface area contributed by atoms with Crippen molar-refractivity contribution < 1.29 is 9.47 Å². The van der Waals surface area contributed by atoms with Gasteiger partial charge < -0.3 is 9.47 Å². The van der Waals surface area contributed by atoms with E-state index in [0.717, 1.165) is 50.0 Å². The van der Waals surface area contributed by atoms with Crippen LogP contribution in [0.4, 0.5) is 0 Å². The van der Waals surface area contributed by atoms with Crippen LogP contribution in [0, 0.1) is 34.5 Å². The van der Waals surface area contributed by atoms with Gasteiger partial charge in [0.05, 0.1) is 14.2 Å². The van der Waals surface area contributed by atoms with Crippen molar-refractivity contribution in [1.82, 2.24) is 0 Å². The van der Waals surface area contributed by atoms with Gasteiger partial charge in [-0.1, -0.05) is 38.1 Å². The Labute approximate surface area is 265 Å². The molecule has 0 N–H and O–H groups in total. The maximum atomic E-state index is 5.53. The molecular formula is C40H52N2O2. The molecule has 2 aromatic rings. The molecule has 2 aromatic carbocycles. The van der Waals surface area contributed by atoms with Crippen molar-refractivity contribution in [3.63, 3.8) is 0 Å². The predicted molar refractivity (Wildman–Crippen MR) is 183 cm³/mol. The summed E-state index contributed by atoms with van der Waals surface area (Å²) in [7, 11) is 3.53. The van der Waals surface area contributed by atoms with Crippen LogP contribution >= 0.6 is 0 Å². The average molecular weight is 593 g/mol. The molecule has 2 saturated carbocycles. The third-order valence-corrected chi connectivity index (χ3v) is 12.4.